The molecular weight excluding hydrogens is 389 g/mol. The molecule has 1 aromatic heterocycles. The molecule has 0 bridgehead atoms. The first kappa shape index (κ1) is 20.3. The molecule has 2 aromatic carbocycles. The number of nitrogens with one attached hydrogen (secondary N) is 1. The van der Waals surface area contributed by atoms with Crippen molar-refractivity contribution < 1.29 is 27.8 Å². The summed E-state index contributed by atoms with van der Waals surface area (Å²) in [5.74, 6) is -2.99. The Kier molecular flexibility index (Phi) is 6.13. The van der Waals surface area contributed by atoms with E-state index in [-0.39, 0.29) is 24.6 Å². The number of carbonyl (C=O) groups is 1. The van der Waals surface area contributed by atoms with Crippen LogP contribution in [-0.4, -0.2) is 45.3 Å². The number of carbonyl (C=O) groups excluding carboxylic acids is 1. The van der Waals surface area contributed by atoms with Gasteiger partial charge in [-0.3, -0.25) is 4.79 Å². The number of hydrogen-bond donors (Lipinski definition) is 2. The Morgan fingerprint density at radius 1 is 1.17 bits per heavy atom. The van der Waals surface area contributed by atoms with Crippen molar-refractivity contribution in [3.63, 3.8) is 0 Å². The number of halogens is 3. The highest BCUT2D eigenvalue weighted by molar-refractivity contribution is 5.93. The molecule has 152 valence electrons. The minimum absolute atomic E-state index is 0.0445. The third kappa shape index (κ3) is 4.91. The maximum Gasteiger partial charge on any atom is 0.273 e. The fraction of sp³-hybridized carbons (Fsp3) is 0.211. The second-order valence-corrected chi connectivity index (χ2v) is 6.16. The van der Waals surface area contributed by atoms with Crippen LogP contribution in [0, 0.1) is 24.4 Å². The highest BCUT2D eigenvalue weighted by atomic mass is 19.2. The summed E-state index contributed by atoms with van der Waals surface area (Å²) in [5, 5.41) is 20.1. The van der Waals surface area contributed by atoms with E-state index in [9.17, 15) is 23.1 Å². The molecule has 0 spiro atoms. The third-order valence-corrected chi connectivity index (χ3v) is 4.01. The van der Waals surface area contributed by atoms with E-state index >= 15 is 0 Å². The fourth-order valence-electron chi connectivity index (χ4n) is 2.48. The van der Waals surface area contributed by atoms with Crippen LogP contribution in [0.3, 0.4) is 0 Å². The number of aliphatic hydroxyl groups is 1. The molecule has 7 nitrogen and oxygen atoms in total. The largest absolute Gasteiger partial charge is 0.491 e. The second-order valence-electron chi connectivity index (χ2n) is 6.16. The number of ether oxygens (including phenoxy) is 1. The van der Waals surface area contributed by atoms with E-state index in [1.807, 2.05) is 0 Å². The average Bonchev–Trinajstić information content (AvgIpc) is 3.09. The molecule has 1 amide bonds. The van der Waals surface area contributed by atoms with Gasteiger partial charge in [0.25, 0.3) is 5.91 Å². The zero-order valence-corrected chi connectivity index (χ0v) is 15.3. The van der Waals surface area contributed by atoms with Crippen LogP contribution >= 0.6 is 0 Å². The highest BCUT2D eigenvalue weighted by Gasteiger charge is 2.18. The predicted molar refractivity (Wildman–Crippen MR) is 96.2 cm³/mol. The van der Waals surface area contributed by atoms with Gasteiger partial charge in [0.05, 0.1) is 11.4 Å². The Labute approximate surface area is 163 Å². The summed E-state index contributed by atoms with van der Waals surface area (Å²) in [6.07, 6.45) is -1.10. The first-order chi connectivity index (χ1) is 13.8. The van der Waals surface area contributed by atoms with E-state index in [0.717, 1.165) is 12.1 Å². The van der Waals surface area contributed by atoms with Gasteiger partial charge in [-0.2, -0.15) is 0 Å². The van der Waals surface area contributed by atoms with E-state index < -0.39 is 29.5 Å². The number of aliphatic hydroxyl groups excluding tert-OH is 1. The van der Waals surface area contributed by atoms with Gasteiger partial charge in [0, 0.05) is 12.6 Å². The van der Waals surface area contributed by atoms with Crippen LogP contribution in [0.15, 0.2) is 42.5 Å². The highest BCUT2D eigenvalue weighted by Crippen LogP contribution is 2.16. The zero-order chi connectivity index (χ0) is 21.0. The molecule has 29 heavy (non-hydrogen) atoms. The summed E-state index contributed by atoms with van der Waals surface area (Å²) in [6.45, 7) is 1.22. The van der Waals surface area contributed by atoms with Crippen molar-refractivity contribution in [1.82, 2.24) is 20.3 Å². The maximum absolute atomic E-state index is 13.1. The second kappa shape index (κ2) is 8.74. The van der Waals surface area contributed by atoms with Crippen molar-refractivity contribution >= 4 is 5.91 Å². The summed E-state index contributed by atoms with van der Waals surface area (Å²) in [7, 11) is 0. The monoisotopic (exact) mass is 406 g/mol. The molecule has 1 unspecified atom stereocenters. The lowest BCUT2D eigenvalue weighted by Gasteiger charge is -2.13. The van der Waals surface area contributed by atoms with Crippen LogP contribution in [-0.2, 0) is 0 Å². The molecule has 3 aromatic rings. The predicted octanol–water partition coefficient (Wildman–Crippen LogP) is 2.16. The van der Waals surface area contributed by atoms with Crippen LogP contribution in [0.1, 0.15) is 16.2 Å². The van der Waals surface area contributed by atoms with E-state index in [2.05, 4.69) is 15.6 Å². The lowest BCUT2D eigenvalue weighted by Crippen LogP contribution is -2.35. The van der Waals surface area contributed by atoms with Gasteiger partial charge in [-0.05, 0) is 43.3 Å². The molecule has 0 aliphatic heterocycles. The van der Waals surface area contributed by atoms with Gasteiger partial charge in [0.2, 0.25) is 0 Å². The van der Waals surface area contributed by atoms with Crippen LogP contribution in [0.2, 0.25) is 0 Å². The summed E-state index contributed by atoms with van der Waals surface area (Å²) < 4.78 is 45.6. The molecule has 1 atom stereocenters. The van der Waals surface area contributed by atoms with E-state index in [1.54, 1.807) is 6.92 Å². The van der Waals surface area contributed by atoms with Crippen molar-refractivity contribution in [3.05, 3.63) is 71.3 Å². The quantitative estimate of drug-likeness (QED) is 0.628. The van der Waals surface area contributed by atoms with Gasteiger partial charge in [-0.15, -0.1) is 5.10 Å². The topological polar surface area (TPSA) is 89.3 Å². The Morgan fingerprint density at radius 2 is 1.90 bits per heavy atom. The molecular formula is C19H17F3N4O3. The molecule has 0 saturated carbocycles. The average molecular weight is 406 g/mol. The Morgan fingerprint density at radius 3 is 2.59 bits per heavy atom. The minimum Gasteiger partial charge on any atom is -0.491 e. The first-order valence-corrected chi connectivity index (χ1v) is 8.57. The zero-order valence-electron chi connectivity index (χ0n) is 15.3. The Balaban J connectivity index is 1.55. The molecule has 3 rings (SSSR count). The van der Waals surface area contributed by atoms with Crippen LogP contribution in [0.25, 0.3) is 5.69 Å². The molecule has 10 heteroatoms. The summed E-state index contributed by atoms with van der Waals surface area (Å²) in [6, 6.07) is 8.51. The standard InChI is InChI=1S/C19H17F3N4O3/c1-11-18(24-25-26(11)13-4-2-12(20)3-5-13)19(28)23-9-14(27)10-29-15-6-7-16(21)17(22)8-15/h2-8,14,27H,9-10H2,1H3,(H,23,28). The normalized spacial score (nSPS) is 11.9. The lowest BCUT2D eigenvalue weighted by molar-refractivity contribution is 0.0838. The Hall–Kier alpha value is -3.40. The smallest absolute Gasteiger partial charge is 0.273 e. The van der Waals surface area contributed by atoms with Crippen LogP contribution in [0.4, 0.5) is 13.2 Å². The van der Waals surface area contributed by atoms with Crippen LogP contribution in [0.5, 0.6) is 5.75 Å². The fourth-order valence-corrected chi connectivity index (χ4v) is 2.48. The number of nitrogens with zero attached hydrogens (tertiary/aromatic N) is 3. The molecule has 1 heterocycles. The van der Waals surface area contributed by atoms with Crippen molar-refractivity contribution in [2.45, 2.75) is 13.0 Å². The maximum atomic E-state index is 13.1. The van der Waals surface area contributed by atoms with E-state index in [4.69, 9.17) is 4.74 Å². The van der Waals surface area contributed by atoms with Crippen molar-refractivity contribution in [1.29, 1.82) is 0 Å². The van der Waals surface area contributed by atoms with Gasteiger partial charge in [0.15, 0.2) is 17.3 Å². The van der Waals surface area contributed by atoms with Gasteiger partial charge in [-0.1, -0.05) is 5.21 Å². The molecule has 2 N–H and O–H groups in total. The number of benzene rings is 2. The number of aromatic nitrogens is 3. The molecule has 0 aliphatic rings. The van der Waals surface area contributed by atoms with Gasteiger partial charge < -0.3 is 15.2 Å². The van der Waals surface area contributed by atoms with Crippen molar-refractivity contribution in [2.24, 2.45) is 0 Å². The number of rotatable bonds is 7. The minimum atomic E-state index is -1.10. The van der Waals surface area contributed by atoms with Gasteiger partial charge >= 0.3 is 0 Å². The van der Waals surface area contributed by atoms with Gasteiger partial charge in [0.1, 0.15) is 24.3 Å². The summed E-state index contributed by atoms with van der Waals surface area (Å²) >= 11 is 0. The number of hydrogen-bond acceptors (Lipinski definition) is 5. The van der Waals surface area contributed by atoms with Crippen molar-refractivity contribution in [2.75, 3.05) is 13.2 Å². The number of amides is 1. The van der Waals surface area contributed by atoms with E-state index in [0.29, 0.717) is 11.4 Å². The summed E-state index contributed by atoms with van der Waals surface area (Å²) in [5.41, 5.74) is 1.01. The third-order valence-electron chi connectivity index (χ3n) is 4.01. The molecule has 0 aliphatic carbocycles. The Bertz CT molecular complexity index is 1010. The molecule has 0 fully saturated rings. The van der Waals surface area contributed by atoms with Crippen LogP contribution < -0.4 is 10.1 Å². The SMILES string of the molecule is Cc1c(C(=O)NCC(O)COc2ccc(F)c(F)c2)nnn1-c1ccc(F)cc1. The van der Waals surface area contributed by atoms with Crippen molar-refractivity contribution in [3.8, 4) is 11.4 Å². The molecule has 0 radical (unpaired) electrons. The van der Waals surface area contributed by atoms with E-state index in [1.165, 1.54) is 35.0 Å². The van der Waals surface area contributed by atoms with Gasteiger partial charge in [-0.25, -0.2) is 17.9 Å². The summed E-state index contributed by atoms with van der Waals surface area (Å²) in [4.78, 5) is 12.3. The lowest BCUT2D eigenvalue weighted by atomic mass is 10.2. The molecule has 0 saturated heterocycles. The first-order valence-electron chi connectivity index (χ1n) is 8.57.